The Balaban J connectivity index is 1.29. The molecule has 276 valence electrons. The quantitative estimate of drug-likeness (QED) is 0.157. The van der Waals surface area contributed by atoms with Crippen LogP contribution in [0.25, 0.3) is 43.1 Å². The van der Waals surface area contributed by atoms with E-state index < -0.39 is 0 Å². The number of benzene rings is 6. The number of rotatable bonds is 6. The van der Waals surface area contributed by atoms with Gasteiger partial charge in [0.25, 0.3) is 0 Å². The normalized spacial score (nSPS) is 17.1. The van der Waals surface area contributed by atoms with Gasteiger partial charge in [-0.3, -0.25) is 0 Å². The molecular weight excluding hydrogens is 693 g/mol. The first-order chi connectivity index (χ1) is 25.8. The van der Waals surface area contributed by atoms with Gasteiger partial charge in [-0.25, -0.2) is 0 Å². The Morgan fingerprint density at radius 2 is 0.722 bits per heavy atom. The number of hydrogen-bond donors (Lipinski definition) is 0. The molecule has 6 aromatic carbocycles. The Bertz CT molecular complexity index is 2390. The van der Waals surface area contributed by atoms with Gasteiger partial charge in [0.05, 0.1) is 0 Å². The molecule has 6 aromatic rings. The molecule has 0 atom stereocenters. The van der Waals surface area contributed by atoms with Crippen LogP contribution in [0.1, 0.15) is 106 Å². The monoisotopic (exact) mass is 746 g/mol. The molecule has 0 spiro atoms. The summed E-state index contributed by atoms with van der Waals surface area (Å²) in [4.78, 5) is 8.14. The molecule has 0 bridgehead atoms. The van der Waals surface area contributed by atoms with Crippen molar-refractivity contribution in [3.05, 3.63) is 139 Å². The smallest absolute Gasteiger partial charge is 0.116 e. The molecular formula is C50H54N2S2. The van der Waals surface area contributed by atoms with E-state index in [4.69, 9.17) is 0 Å². The van der Waals surface area contributed by atoms with E-state index in [9.17, 15) is 0 Å². The SMILES string of the molecule is CCC1=C(CC)N(c2ccc3cc4ccc(C(C)(C)C)cc4cc3c2)/C(=C2\SC(CC)=C(CC)N2c2ccc3cc4ccc(C(C)(C)C)cc4cc3c2)S1. The average Bonchev–Trinajstić information content (AvgIpc) is 3.72. The predicted octanol–water partition coefficient (Wildman–Crippen LogP) is 15.9. The van der Waals surface area contributed by atoms with Crippen molar-refractivity contribution in [2.24, 2.45) is 0 Å². The van der Waals surface area contributed by atoms with Crippen molar-refractivity contribution < 1.29 is 0 Å². The summed E-state index contributed by atoms with van der Waals surface area (Å²) in [6.07, 6.45) is 4.01. The van der Waals surface area contributed by atoms with E-state index in [-0.39, 0.29) is 10.8 Å². The Morgan fingerprint density at radius 3 is 1.06 bits per heavy atom. The maximum atomic E-state index is 2.60. The van der Waals surface area contributed by atoms with Crippen LogP contribution >= 0.6 is 23.5 Å². The van der Waals surface area contributed by atoms with Crippen LogP contribution in [0.2, 0.25) is 0 Å². The van der Waals surface area contributed by atoms with Gasteiger partial charge in [-0.15, -0.1) is 0 Å². The minimum Gasteiger partial charge on any atom is -0.305 e. The lowest BCUT2D eigenvalue weighted by Crippen LogP contribution is -2.23. The average molecular weight is 747 g/mol. The third kappa shape index (κ3) is 6.43. The summed E-state index contributed by atoms with van der Waals surface area (Å²) < 4.78 is 0. The molecule has 2 heterocycles. The van der Waals surface area contributed by atoms with Crippen LogP contribution in [0.5, 0.6) is 0 Å². The molecule has 2 aliphatic rings. The first kappa shape index (κ1) is 36.8. The second kappa shape index (κ2) is 13.9. The lowest BCUT2D eigenvalue weighted by atomic mass is 9.85. The van der Waals surface area contributed by atoms with E-state index in [0.29, 0.717) is 0 Å². The highest BCUT2D eigenvalue weighted by Gasteiger charge is 2.37. The van der Waals surface area contributed by atoms with Crippen LogP contribution in [0.4, 0.5) is 11.4 Å². The van der Waals surface area contributed by atoms with Crippen LogP contribution in [-0.2, 0) is 10.8 Å². The second-order valence-corrected chi connectivity index (χ2v) is 19.2. The van der Waals surface area contributed by atoms with Gasteiger partial charge >= 0.3 is 0 Å². The Morgan fingerprint density at radius 1 is 0.389 bits per heavy atom. The summed E-state index contributed by atoms with van der Waals surface area (Å²) in [5, 5.41) is 13.0. The molecule has 2 aliphatic heterocycles. The molecule has 0 unspecified atom stereocenters. The van der Waals surface area contributed by atoms with Crippen molar-refractivity contribution in [1.29, 1.82) is 0 Å². The van der Waals surface area contributed by atoms with E-state index in [1.165, 1.54) is 96.9 Å². The van der Waals surface area contributed by atoms with E-state index in [1.54, 1.807) is 0 Å². The van der Waals surface area contributed by atoms with Crippen molar-refractivity contribution in [3.63, 3.8) is 0 Å². The fourth-order valence-corrected chi connectivity index (χ4v) is 10.9. The largest absolute Gasteiger partial charge is 0.305 e. The van der Waals surface area contributed by atoms with E-state index in [2.05, 4.69) is 176 Å². The molecule has 2 nitrogen and oxygen atoms in total. The van der Waals surface area contributed by atoms with Gasteiger partial charge in [0.15, 0.2) is 0 Å². The molecule has 0 saturated carbocycles. The molecule has 0 aliphatic carbocycles. The molecule has 0 N–H and O–H groups in total. The molecule has 0 radical (unpaired) electrons. The van der Waals surface area contributed by atoms with Gasteiger partial charge in [-0.2, -0.15) is 0 Å². The number of allylic oxidation sites excluding steroid dienone is 4. The van der Waals surface area contributed by atoms with Crippen molar-refractivity contribution in [3.8, 4) is 0 Å². The summed E-state index contributed by atoms with van der Waals surface area (Å²) in [5.74, 6) is 0. The standard InChI is InChI=1S/C50H54N2S2/c1-11-43-45(13-3)53-47(51(43)41-21-17-33-23-31-15-19-39(49(5,6)7)27-35(31)25-37(33)29-41)48-52(44(12-2)46(14-4)54-48)42-22-18-34-24-32-16-20-40(50(8,9)10)28-36(32)26-38(34)30-42/h15-30H,11-14H2,1-10H3/b48-47+. The Hall–Kier alpha value is -4.12. The van der Waals surface area contributed by atoms with Crippen LogP contribution in [-0.4, -0.2) is 0 Å². The molecule has 0 saturated heterocycles. The Kier molecular flexibility index (Phi) is 9.46. The van der Waals surface area contributed by atoms with Gasteiger partial charge < -0.3 is 9.80 Å². The molecule has 54 heavy (non-hydrogen) atoms. The molecule has 4 heteroatoms. The zero-order valence-corrected chi connectivity index (χ0v) is 35.4. The fourth-order valence-electron chi connectivity index (χ4n) is 8.21. The number of hydrogen-bond acceptors (Lipinski definition) is 4. The lowest BCUT2D eigenvalue weighted by molar-refractivity contribution is 0.591. The number of thioether (sulfide) groups is 2. The van der Waals surface area contributed by atoms with Crippen LogP contribution < -0.4 is 9.80 Å². The zero-order valence-electron chi connectivity index (χ0n) is 33.8. The first-order valence-corrected chi connectivity index (χ1v) is 21.5. The number of anilines is 2. The summed E-state index contributed by atoms with van der Waals surface area (Å²) in [7, 11) is 0. The fraction of sp³-hybridized carbons (Fsp3) is 0.320. The molecule has 8 rings (SSSR count). The van der Waals surface area contributed by atoms with Crippen molar-refractivity contribution in [1.82, 2.24) is 0 Å². The minimum atomic E-state index is 0.110. The molecule has 0 aromatic heterocycles. The van der Waals surface area contributed by atoms with Crippen LogP contribution in [0.15, 0.2) is 128 Å². The minimum absolute atomic E-state index is 0.110. The topological polar surface area (TPSA) is 6.48 Å². The van der Waals surface area contributed by atoms with Gasteiger partial charge in [-0.1, -0.05) is 141 Å². The van der Waals surface area contributed by atoms with Crippen molar-refractivity contribution in [2.75, 3.05) is 9.80 Å². The van der Waals surface area contributed by atoms with E-state index in [1.807, 2.05) is 23.5 Å². The summed E-state index contributed by atoms with van der Waals surface area (Å²) in [6.45, 7) is 23.1. The predicted molar refractivity (Wildman–Crippen MR) is 243 cm³/mol. The maximum absolute atomic E-state index is 2.60. The van der Waals surface area contributed by atoms with Crippen LogP contribution in [0.3, 0.4) is 0 Å². The zero-order chi connectivity index (χ0) is 38.1. The van der Waals surface area contributed by atoms with E-state index in [0.717, 1.165) is 25.7 Å². The molecule has 0 fully saturated rings. The summed E-state index contributed by atoms with van der Waals surface area (Å²) in [6, 6.07) is 37.7. The highest BCUT2D eigenvalue weighted by Crippen LogP contribution is 2.56. The first-order valence-electron chi connectivity index (χ1n) is 19.9. The third-order valence-electron chi connectivity index (χ3n) is 11.3. The summed E-state index contributed by atoms with van der Waals surface area (Å²) >= 11 is 3.97. The van der Waals surface area contributed by atoms with Crippen molar-refractivity contribution in [2.45, 2.75) is 106 Å². The maximum Gasteiger partial charge on any atom is 0.116 e. The summed E-state index contributed by atoms with van der Waals surface area (Å²) in [5.41, 5.74) is 8.29. The number of fused-ring (bicyclic) bond motifs is 4. The molecule has 0 amide bonds. The third-order valence-corrected chi connectivity index (χ3v) is 14.1. The highest BCUT2D eigenvalue weighted by molar-refractivity contribution is 8.10. The van der Waals surface area contributed by atoms with Gasteiger partial charge in [0.2, 0.25) is 0 Å². The van der Waals surface area contributed by atoms with Crippen LogP contribution in [0, 0.1) is 0 Å². The Labute approximate surface area is 331 Å². The number of nitrogens with zero attached hydrogens (tertiary/aromatic N) is 2. The van der Waals surface area contributed by atoms with Crippen molar-refractivity contribution >= 4 is 78.0 Å². The lowest BCUT2D eigenvalue weighted by Gasteiger charge is -2.29. The van der Waals surface area contributed by atoms with Gasteiger partial charge in [0.1, 0.15) is 10.1 Å². The van der Waals surface area contributed by atoms with E-state index >= 15 is 0 Å². The second-order valence-electron chi connectivity index (χ2n) is 17.0. The van der Waals surface area contributed by atoms with Gasteiger partial charge in [0, 0.05) is 32.6 Å². The highest BCUT2D eigenvalue weighted by atomic mass is 32.2. The van der Waals surface area contributed by atoms with Gasteiger partial charge in [-0.05, 0) is 139 Å².